The quantitative estimate of drug-likeness (QED) is 0.856. The van der Waals surface area contributed by atoms with E-state index in [1.807, 2.05) is 30.3 Å². The number of benzene rings is 2. The van der Waals surface area contributed by atoms with Crippen LogP contribution in [0.5, 0.6) is 0 Å². The second kappa shape index (κ2) is 6.91. The van der Waals surface area contributed by atoms with Crippen LogP contribution in [0.4, 0.5) is 4.39 Å². The molecule has 2 aromatic carbocycles. The van der Waals surface area contributed by atoms with E-state index < -0.39 is 29.5 Å². The molecule has 23 heavy (non-hydrogen) atoms. The van der Waals surface area contributed by atoms with Crippen molar-refractivity contribution in [2.24, 2.45) is 4.99 Å². The van der Waals surface area contributed by atoms with E-state index >= 15 is 0 Å². The molecule has 0 radical (unpaired) electrons. The third-order valence-corrected chi connectivity index (χ3v) is 4.29. The van der Waals surface area contributed by atoms with Gasteiger partial charge < -0.3 is 4.74 Å². The van der Waals surface area contributed by atoms with E-state index in [1.165, 1.54) is 0 Å². The molecule has 0 N–H and O–H groups in total. The van der Waals surface area contributed by atoms with Gasteiger partial charge >= 0.3 is 0 Å². The number of nitrogens with zero attached hydrogens (tertiary/aromatic N) is 1. The fraction of sp³-hybridized carbons (Fsp3) is 0.235. The van der Waals surface area contributed by atoms with E-state index in [1.54, 1.807) is 24.3 Å². The van der Waals surface area contributed by atoms with Gasteiger partial charge in [0.1, 0.15) is 23.4 Å². The number of hydrogen-bond donors (Lipinski definition) is 1. The molecule has 0 spiro atoms. The van der Waals surface area contributed by atoms with Gasteiger partial charge in [-0.1, -0.05) is 42.5 Å². The zero-order chi connectivity index (χ0) is 16.2. The summed E-state index contributed by atoms with van der Waals surface area (Å²) in [6.07, 6.45) is -0.495. The van der Waals surface area contributed by atoms with Gasteiger partial charge in [0.25, 0.3) is 0 Å². The van der Waals surface area contributed by atoms with E-state index in [4.69, 9.17) is 4.74 Å². The van der Waals surface area contributed by atoms with Crippen LogP contribution in [0.3, 0.4) is 0 Å². The average Bonchev–Trinajstić information content (AvgIpc) is 3.00. The summed E-state index contributed by atoms with van der Waals surface area (Å²) in [5, 5.41) is 0. The second-order valence-corrected chi connectivity index (χ2v) is 6.27. The molecular weight excluding hydrogens is 317 g/mol. The second-order valence-electron chi connectivity index (χ2n) is 5.29. The van der Waals surface area contributed by atoms with Crippen LogP contribution in [0.2, 0.25) is 0 Å². The first-order chi connectivity index (χ1) is 11.2. The molecule has 1 aliphatic heterocycles. The van der Waals surface area contributed by atoms with Gasteiger partial charge in [-0.3, -0.25) is 0 Å². The Hall–Kier alpha value is -2.21. The molecule has 1 aliphatic rings. The average molecular weight is 333 g/mol. The molecule has 0 saturated heterocycles. The van der Waals surface area contributed by atoms with Gasteiger partial charge in [0.15, 0.2) is 6.10 Å². The smallest absolute Gasteiger partial charge is 0.217 e. The molecule has 6 heteroatoms. The zero-order valence-corrected chi connectivity index (χ0v) is 13.2. The lowest BCUT2D eigenvalue weighted by molar-refractivity contribution is 0.181. The lowest BCUT2D eigenvalue weighted by Gasteiger charge is -2.16. The monoisotopic (exact) mass is 333 g/mol. The summed E-state index contributed by atoms with van der Waals surface area (Å²) in [7, 11) is -2.46. The molecule has 2 atom stereocenters. The topological polar surface area (TPSA) is 55.7 Å². The number of aliphatic imine (C=N–C) groups is 1. The molecule has 0 saturated carbocycles. The highest BCUT2D eigenvalue weighted by Gasteiger charge is 2.32. The van der Waals surface area contributed by atoms with Crippen LogP contribution in [-0.4, -0.2) is 27.0 Å². The third-order valence-electron chi connectivity index (χ3n) is 3.67. The first-order valence-corrected chi connectivity index (χ1v) is 8.60. The summed E-state index contributed by atoms with van der Waals surface area (Å²) in [4.78, 5) is 4.33. The van der Waals surface area contributed by atoms with Crippen molar-refractivity contribution in [3.05, 3.63) is 71.3 Å². The van der Waals surface area contributed by atoms with Gasteiger partial charge in [-0.25, -0.2) is 17.8 Å². The van der Waals surface area contributed by atoms with Crippen LogP contribution in [0.15, 0.2) is 59.6 Å². The maximum atomic E-state index is 13.3. The van der Waals surface area contributed by atoms with Crippen molar-refractivity contribution in [2.75, 3.05) is 6.67 Å². The van der Waals surface area contributed by atoms with Crippen molar-refractivity contribution in [1.29, 1.82) is 0 Å². The van der Waals surface area contributed by atoms with Crippen LogP contribution in [-0.2, 0) is 21.2 Å². The van der Waals surface area contributed by atoms with Crippen molar-refractivity contribution < 1.29 is 17.5 Å². The molecule has 1 heterocycles. The van der Waals surface area contributed by atoms with Gasteiger partial charge in [0.2, 0.25) is 5.90 Å². The minimum absolute atomic E-state index is 0.000553. The Kier molecular flexibility index (Phi) is 4.71. The normalized spacial score (nSPS) is 20.3. The van der Waals surface area contributed by atoms with Crippen molar-refractivity contribution in [3.8, 4) is 0 Å². The summed E-state index contributed by atoms with van der Waals surface area (Å²) < 4.78 is 40.7. The number of thiol groups is 1. The molecule has 0 aliphatic carbocycles. The molecule has 0 unspecified atom stereocenters. The molecule has 0 amide bonds. The first-order valence-electron chi connectivity index (χ1n) is 7.24. The van der Waals surface area contributed by atoms with Crippen molar-refractivity contribution >= 4 is 16.6 Å². The van der Waals surface area contributed by atoms with Crippen LogP contribution in [0.1, 0.15) is 22.8 Å². The fourth-order valence-corrected chi connectivity index (χ4v) is 3.05. The van der Waals surface area contributed by atoms with Gasteiger partial charge in [-0.05, 0) is 23.3 Å². The van der Waals surface area contributed by atoms with Crippen LogP contribution in [0.25, 0.3) is 0 Å². The van der Waals surface area contributed by atoms with Crippen LogP contribution >= 0.6 is 0 Å². The maximum absolute atomic E-state index is 13.3. The lowest BCUT2D eigenvalue weighted by atomic mass is 10.0. The van der Waals surface area contributed by atoms with E-state index in [0.29, 0.717) is 11.5 Å². The molecular formula is C17H16FNO3S. The Labute approximate surface area is 135 Å². The Bertz CT molecular complexity index is 764. The highest BCUT2D eigenvalue weighted by molar-refractivity contribution is 7.71. The molecule has 0 aromatic heterocycles. The standard InChI is InChI=1S/C17H16FNO3S/c18-10-15-16(13-8-6-12(7-9-13)11-23(20)21)22-17(19-15)14-4-2-1-3-5-14/h1-9,15-16,23H,10-11H2/t15-,16-/m1/s1. The van der Waals surface area contributed by atoms with Gasteiger partial charge in [-0.2, -0.15) is 0 Å². The highest BCUT2D eigenvalue weighted by atomic mass is 32.2. The third kappa shape index (κ3) is 3.59. The minimum atomic E-state index is -2.46. The van der Waals surface area contributed by atoms with E-state index in [0.717, 1.165) is 11.1 Å². The van der Waals surface area contributed by atoms with E-state index in [2.05, 4.69) is 4.99 Å². The Morgan fingerprint density at radius 2 is 1.74 bits per heavy atom. The van der Waals surface area contributed by atoms with Crippen molar-refractivity contribution in [3.63, 3.8) is 0 Å². The molecule has 0 bridgehead atoms. The molecule has 0 fully saturated rings. The molecule has 120 valence electrons. The summed E-state index contributed by atoms with van der Waals surface area (Å²) >= 11 is 0. The first kappa shape index (κ1) is 15.7. The zero-order valence-electron chi connectivity index (χ0n) is 12.3. The van der Waals surface area contributed by atoms with Crippen molar-refractivity contribution in [2.45, 2.75) is 17.9 Å². The largest absolute Gasteiger partial charge is 0.467 e. The number of hydrogen-bond acceptors (Lipinski definition) is 4. The molecule has 2 aromatic rings. The van der Waals surface area contributed by atoms with E-state index in [9.17, 15) is 12.8 Å². The van der Waals surface area contributed by atoms with E-state index in [-0.39, 0.29) is 5.75 Å². The van der Waals surface area contributed by atoms with Crippen LogP contribution < -0.4 is 0 Å². The predicted octanol–water partition coefficient (Wildman–Crippen LogP) is 2.65. The predicted molar refractivity (Wildman–Crippen MR) is 87.0 cm³/mol. The number of alkyl halides is 1. The summed E-state index contributed by atoms with van der Waals surface area (Å²) in [6, 6.07) is 15.8. The number of rotatable bonds is 5. The Morgan fingerprint density at radius 1 is 1.04 bits per heavy atom. The highest BCUT2D eigenvalue weighted by Crippen LogP contribution is 2.31. The lowest BCUT2D eigenvalue weighted by Crippen LogP contribution is -2.16. The minimum Gasteiger partial charge on any atom is -0.467 e. The van der Waals surface area contributed by atoms with Gasteiger partial charge in [0, 0.05) is 5.56 Å². The van der Waals surface area contributed by atoms with Crippen LogP contribution in [0, 0.1) is 0 Å². The molecule has 3 rings (SSSR count). The Balaban J connectivity index is 1.81. The SMILES string of the molecule is O=[SH](=O)Cc1ccc([C@H]2OC(c3ccccc3)=N[C@@H]2CF)cc1. The van der Waals surface area contributed by atoms with Gasteiger partial charge in [-0.15, -0.1) is 0 Å². The van der Waals surface area contributed by atoms with Gasteiger partial charge in [0.05, 0.1) is 5.75 Å². The summed E-state index contributed by atoms with van der Waals surface area (Å²) in [5.41, 5.74) is 2.30. The maximum Gasteiger partial charge on any atom is 0.217 e. The van der Waals surface area contributed by atoms with Crippen molar-refractivity contribution in [1.82, 2.24) is 0 Å². The summed E-state index contributed by atoms with van der Waals surface area (Å²) in [5.74, 6) is 0.435. The fourth-order valence-electron chi connectivity index (χ4n) is 2.54. The Morgan fingerprint density at radius 3 is 2.35 bits per heavy atom. The summed E-state index contributed by atoms with van der Waals surface area (Å²) in [6.45, 7) is -0.616. The number of ether oxygens (including phenoxy) is 1. The number of halogens is 1. The molecule has 4 nitrogen and oxygen atoms in total.